The van der Waals surface area contributed by atoms with Gasteiger partial charge in [0.05, 0.1) is 6.61 Å². The van der Waals surface area contributed by atoms with Crippen LogP contribution in [-0.4, -0.2) is 36.3 Å². The van der Waals surface area contributed by atoms with Crippen molar-refractivity contribution in [1.29, 1.82) is 0 Å². The number of benzene rings is 1. The number of rotatable bonds is 9. The highest BCUT2D eigenvalue weighted by Gasteiger charge is 2.17. The van der Waals surface area contributed by atoms with Crippen LogP contribution in [0.2, 0.25) is 0 Å². The second-order valence-electron chi connectivity index (χ2n) is 4.33. The number of carboxylic acids is 1. The number of urea groups is 1. The average Bonchev–Trinajstić information content (AvgIpc) is 2.47. The molecule has 0 heterocycles. The second-order valence-corrected chi connectivity index (χ2v) is 4.33. The van der Waals surface area contributed by atoms with Crippen molar-refractivity contribution in [2.75, 3.05) is 13.2 Å². The van der Waals surface area contributed by atoms with Crippen LogP contribution in [0.4, 0.5) is 4.79 Å². The summed E-state index contributed by atoms with van der Waals surface area (Å²) in [6, 6.07) is 7.91. The Kier molecular flexibility index (Phi) is 7.42. The van der Waals surface area contributed by atoms with Crippen molar-refractivity contribution in [3.05, 3.63) is 43.0 Å². The standard InChI is InChI=1S/C15H20N2O4/c1-2-7-13(14(18)19)17-15(20)16-10-6-11-21-12-8-4-3-5-9-12/h2-5,8-9,13H,1,6-7,10-11H2,(H,18,19)(H2,16,17,20). The molecule has 0 saturated heterocycles. The summed E-state index contributed by atoms with van der Waals surface area (Å²) in [4.78, 5) is 22.4. The lowest BCUT2D eigenvalue weighted by Gasteiger charge is -2.13. The fourth-order valence-corrected chi connectivity index (χ4v) is 1.58. The van der Waals surface area contributed by atoms with Gasteiger partial charge in [-0.05, 0) is 25.0 Å². The Morgan fingerprint density at radius 1 is 1.33 bits per heavy atom. The molecule has 0 bridgehead atoms. The summed E-state index contributed by atoms with van der Waals surface area (Å²) < 4.78 is 5.47. The molecule has 1 atom stereocenters. The molecular weight excluding hydrogens is 272 g/mol. The molecule has 0 aliphatic rings. The van der Waals surface area contributed by atoms with Gasteiger partial charge >= 0.3 is 12.0 Å². The van der Waals surface area contributed by atoms with E-state index >= 15 is 0 Å². The van der Waals surface area contributed by atoms with E-state index in [-0.39, 0.29) is 6.42 Å². The van der Waals surface area contributed by atoms with Crippen LogP contribution >= 0.6 is 0 Å². The van der Waals surface area contributed by atoms with Gasteiger partial charge in [0.15, 0.2) is 0 Å². The van der Waals surface area contributed by atoms with Crippen LogP contribution in [-0.2, 0) is 4.79 Å². The highest BCUT2D eigenvalue weighted by molar-refractivity contribution is 5.82. The van der Waals surface area contributed by atoms with Gasteiger partial charge in [0.2, 0.25) is 0 Å². The summed E-state index contributed by atoms with van der Waals surface area (Å²) in [5.41, 5.74) is 0. The second kappa shape index (κ2) is 9.41. The number of carbonyl (C=O) groups excluding carboxylic acids is 1. The minimum absolute atomic E-state index is 0.180. The quantitative estimate of drug-likeness (QED) is 0.478. The largest absolute Gasteiger partial charge is 0.494 e. The molecule has 0 aromatic heterocycles. The van der Waals surface area contributed by atoms with Gasteiger partial charge in [-0.1, -0.05) is 24.3 Å². The molecule has 1 aromatic carbocycles. The van der Waals surface area contributed by atoms with E-state index in [2.05, 4.69) is 17.2 Å². The maximum atomic E-state index is 11.5. The molecule has 1 aromatic rings. The van der Waals surface area contributed by atoms with Gasteiger partial charge in [0, 0.05) is 6.54 Å². The molecule has 0 aliphatic carbocycles. The Bertz CT molecular complexity index is 462. The topological polar surface area (TPSA) is 87.7 Å². The summed E-state index contributed by atoms with van der Waals surface area (Å²) in [6.45, 7) is 4.33. The van der Waals surface area contributed by atoms with E-state index in [4.69, 9.17) is 9.84 Å². The Labute approximate surface area is 123 Å². The molecule has 0 radical (unpaired) electrons. The van der Waals surface area contributed by atoms with Gasteiger partial charge in [0.25, 0.3) is 0 Å². The van der Waals surface area contributed by atoms with Crippen LogP contribution < -0.4 is 15.4 Å². The first-order valence-corrected chi connectivity index (χ1v) is 6.69. The summed E-state index contributed by atoms with van der Waals surface area (Å²) in [5.74, 6) is -0.309. The van der Waals surface area contributed by atoms with E-state index in [1.54, 1.807) is 0 Å². The predicted molar refractivity (Wildman–Crippen MR) is 79.3 cm³/mol. The SMILES string of the molecule is C=CCC(NC(=O)NCCCOc1ccccc1)C(=O)O. The third-order valence-electron chi connectivity index (χ3n) is 2.62. The molecule has 0 spiro atoms. The monoisotopic (exact) mass is 292 g/mol. The highest BCUT2D eigenvalue weighted by Crippen LogP contribution is 2.07. The molecule has 0 fully saturated rings. The fourth-order valence-electron chi connectivity index (χ4n) is 1.58. The number of ether oxygens (including phenoxy) is 1. The average molecular weight is 292 g/mol. The molecule has 6 nitrogen and oxygen atoms in total. The van der Waals surface area contributed by atoms with Gasteiger partial charge in [-0.25, -0.2) is 9.59 Å². The van der Waals surface area contributed by atoms with Gasteiger partial charge < -0.3 is 20.5 Å². The van der Waals surface area contributed by atoms with Crippen molar-refractivity contribution in [1.82, 2.24) is 10.6 Å². The van der Waals surface area contributed by atoms with Crippen molar-refractivity contribution < 1.29 is 19.4 Å². The van der Waals surface area contributed by atoms with Gasteiger partial charge in [-0.2, -0.15) is 0 Å². The highest BCUT2D eigenvalue weighted by atomic mass is 16.5. The zero-order valence-corrected chi connectivity index (χ0v) is 11.7. The van der Waals surface area contributed by atoms with Gasteiger partial charge in [-0.3, -0.25) is 0 Å². The first-order chi connectivity index (χ1) is 10.1. The molecule has 1 unspecified atom stereocenters. The number of hydrogen-bond donors (Lipinski definition) is 3. The van der Waals surface area contributed by atoms with Crippen LogP contribution in [0.3, 0.4) is 0 Å². The van der Waals surface area contributed by atoms with E-state index in [0.717, 1.165) is 5.75 Å². The molecule has 21 heavy (non-hydrogen) atoms. The summed E-state index contributed by atoms with van der Waals surface area (Å²) >= 11 is 0. The number of carboxylic acid groups (broad SMARTS) is 1. The number of carbonyl (C=O) groups is 2. The van der Waals surface area contributed by atoms with Crippen molar-refractivity contribution in [2.24, 2.45) is 0 Å². The van der Waals surface area contributed by atoms with Crippen LogP contribution in [0.15, 0.2) is 43.0 Å². The Morgan fingerprint density at radius 3 is 2.67 bits per heavy atom. The Hall–Kier alpha value is -2.50. The minimum atomic E-state index is -1.09. The Morgan fingerprint density at radius 2 is 2.05 bits per heavy atom. The van der Waals surface area contributed by atoms with Crippen molar-refractivity contribution >= 4 is 12.0 Å². The lowest BCUT2D eigenvalue weighted by Crippen LogP contribution is -2.46. The summed E-state index contributed by atoms with van der Waals surface area (Å²) in [7, 11) is 0. The Balaban J connectivity index is 2.15. The number of aliphatic carboxylic acids is 1. The first kappa shape index (κ1) is 16.6. The molecule has 3 N–H and O–H groups in total. The molecule has 1 rings (SSSR count). The molecule has 6 heteroatoms. The number of nitrogens with one attached hydrogen (secondary N) is 2. The van der Waals surface area contributed by atoms with Gasteiger partial charge in [0.1, 0.15) is 11.8 Å². The smallest absolute Gasteiger partial charge is 0.326 e. The van der Waals surface area contributed by atoms with E-state index < -0.39 is 18.0 Å². The normalized spacial score (nSPS) is 11.2. The van der Waals surface area contributed by atoms with E-state index in [1.807, 2.05) is 30.3 Å². The van der Waals surface area contributed by atoms with E-state index in [0.29, 0.717) is 19.6 Å². The maximum absolute atomic E-state index is 11.5. The van der Waals surface area contributed by atoms with Crippen LogP contribution in [0, 0.1) is 0 Å². The van der Waals surface area contributed by atoms with E-state index in [9.17, 15) is 9.59 Å². The lowest BCUT2D eigenvalue weighted by molar-refractivity contribution is -0.139. The van der Waals surface area contributed by atoms with Crippen LogP contribution in [0.5, 0.6) is 5.75 Å². The van der Waals surface area contributed by atoms with Crippen LogP contribution in [0.1, 0.15) is 12.8 Å². The number of hydrogen-bond acceptors (Lipinski definition) is 3. The van der Waals surface area contributed by atoms with Crippen molar-refractivity contribution in [3.63, 3.8) is 0 Å². The minimum Gasteiger partial charge on any atom is -0.494 e. The van der Waals surface area contributed by atoms with Crippen molar-refractivity contribution in [3.8, 4) is 5.75 Å². The van der Waals surface area contributed by atoms with Crippen LogP contribution in [0.25, 0.3) is 0 Å². The zero-order valence-electron chi connectivity index (χ0n) is 11.7. The summed E-state index contributed by atoms with van der Waals surface area (Å²) in [5, 5.41) is 13.8. The molecule has 114 valence electrons. The number of amides is 2. The molecular formula is C15H20N2O4. The fraction of sp³-hybridized carbons (Fsp3) is 0.333. The number of para-hydroxylation sites is 1. The van der Waals surface area contributed by atoms with Gasteiger partial charge in [-0.15, -0.1) is 6.58 Å². The first-order valence-electron chi connectivity index (χ1n) is 6.69. The molecule has 0 aliphatic heterocycles. The predicted octanol–water partition coefficient (Wildman–Crippen LogP) is 1.78. The molecule has 2 amide bonds. The van der Waals surface area contributed by atoms with Crippen molar-refractivity contribution in [2.45, 2.75) is 18.9 Å². The maximum Gasteiger partial charge on any atom is 0.326 e. The zero-order chi connectivity index (χ0) is 15.5. The lowest BCUT2D eigenvalue weighted by atomic mass is 10.2. The molecule has 0 saturated carbocycles. The summed E-state index contributed by atoms with van der Waals surface area (Å²) in [6.07, 6.45) is 2.26. The van der Waals surface area contributed by atoms with E-state index in [1.165, 1.54) is 6.08 Å². The third kappa shape index (κ3) is 7.00. The third-order valence-corrected chi connectivity index (χ3v) is 2.62.